The van der Waals surface area contributed by atoms with E-state index in [1.54, 1.807) is 0 Å². The first-order chi connectivity index (χ1) is 9.34. The van der Waals surface area contributed by atoms with Crippen LogP contribution in [0.25, 0.3) is 0 Å². The summed E-state index contributed by atoms with van der Waals surface area (Å²) in [5.74, 6) is -0.508. The van der Waals surface area contributed by atoms with E-state index in [0.29, 0.717) is 5.56 Å². The number of benzene rings is 1. The second-order valence-corrected chi connectivity index (χ2v) is 4.53. The van der Waals surface area contributed by atoms with E-state index in [0.717, 1.165) is 18.3 Å². The van der Waals surface area contributed by atoms with Crippen LogP contribution >= 0.6 is 11.6 Å². The fourth-order valence-electron chi connectivity index (χ4n) is 1.61. The van der Waals surface area contributed by atoms with Crippen molar-refractivity contribution in [3.05, 3.63) is 58.6 Å². The second kappa shape index (κ2) is 5.66. The van der Waals surface area contributed by atoms with Crippen LogP contribution in [0, 0.1) is 5.82 Å². The van der Waals surface area contributed by atoms with Crippen LogP contribution in [-0.2, 0) is 12.7 Å². The van der Waals surface area contributed by atoms with Crippen molar-refractivity contribution in [1.82, 2.24) is 4.98 Å². The number of pyridine rings is 1. The minimum atomic E-state index is -4.47. The summed E-state index contributed by atoms with van der Waals surface area (Å²) in [7, 11) is 0. The molecule has 0 radical (unpaired) electrons. The van der Waals surface area contributed by atoms with Crippen molar-refractivity contribution >= 4 is 17.3 Å². The molecular formula is C13H9ClF4N2. The summed E-state index contributed by atoms with van der Waals surface area (Å²) in [5, 5.41) is 2.72. The maximum atomic E-state index is 12.9. The Balaban J connectivity index is 2.16. The number of hydrogen-bond donors (Lipinski definition) is 1. The number of hydrogen-bond acceptors (Lipinski definition) is 2. The number of rotatable bonds is 3. The number of nitrogens with zero attached hydrogens (tertiary/aromatic N) is 1. The molecule has 1 aromatic carbocycles. The van der Waals surface area contributed by atoms with Crippen LogP contribution in [0.4, 0.5) is 23.2 Å². The van der Waals surface area contributed by atoms with Gasteiger partial charge in [0.15, 0.2) is 0 Å². The molecule has 2 nitrogen and oxygen atoms in total. The monoisotopic (exact) mass is 304 g/mol. The summed E-state index contributed by atoms with van der Waals surface area (Å²) in [6.07, 6.45) is -2.00. The van der Waals surface area contributed by atoms with E-state index in [2.05, 4.69) is 10.3 Å². The first-order valence-electron chi connectivity index (χ1n) is 5.56. The molecule has 0 fully saturated rings. The Hall–Kier alpha value is -1.82. The summed E-state index contributed by atoms with van der Waals surface area (Å²) >= 11 is 5.65. The van der Waals surface area contributed by atoms with Crippen LogP contribution in [0.5, 0.6) is 0 Å². The van der Waals surface area contributed by atoms with Gasteiger partial charge in [-0.3, -0.25) is 4.98 Å². The van der Waals surface area contributed by atoms with Crippen LogP contribution in [0.2, 0.25) is 5.02 Å². The molecule has 2 rings (SSSR count). The third kappa shape index (κ3) is 3.84. The largest absolute Gasteiger partial charge is 0.416 e. The fourth-order valence-corrected chi connectivity index (χ4v) is 1.85. The molecule has 1 heterocycles. The molecule has 0 atom stereocenters. The zero-order chi connectivity index (χ0) is 14.8. The van der Waals surface area contributed by atoms with Crippen molar-refractivity contribution in [2.75, 3.05) is 5.32 Å². The molecule has 1 N–H and O–H groups in total. The van der Waals surface area contributed by atoms with Crippen LogP contribution < -0.4 is 5.32 Å². The normalized spacial score (nSPS) is 11.4. The van der Waals surface area contributed by atoms with Crippen LogP contribution in [0.3, 0.4) is 0 Å². The first-order valence-corrected chi connectivity index (χ1v) is 5.93. The average Bonchev–Trinajstić information content (AvgIpc) is 2.35. The standard InChI is InChI=1S/C13H9ClF4N2/c14-10-2-9(13(16,17)18)3-12(4-10)20-6-8-1-11(15)7-19-5-8/h1-5,7,20H,6H2. The quantitative estimate of drug-likeness (QED) is 0.844. The molecule has 0 unspecified atom stereocenters. The van der Waals surface area contributed by atoms with Gasteiger partial charge in [0.25, 0.3) is 0 Å². The highest BCUT2D eigenvalue weighted by Crippen LogP contribution is 2.33. The summed E-state index contributed by atoms with van der Waals surface area (Å²) in [4.78, 5) is 3.65. The highest BCUT2D eigenvalue weighted by Gasteiger charge is 2.31. The molecule has 0 aliphatic rings. The van der Waals surface area contributed by atoms with Crippen LogP contribution in [-0.4, -0.2) is 4.98 Å². The molecule has 0 amide bonds. The highest BCUT2D eigenvalue weighted by atomic mass is 35.5. The minimum absolute atomic E-state index is 0.0281. The Kier molecular flexibility index (Phi) is 4.13. The molecule has 20 heavy (non-hydrogen) atoms. The van der Waals surface area contributed by atoms with Crippen molar-refractivity contribution in [3.63, 3.8) is 0 Å². The fraction of sp³-hybridized carbons (Fsp3) is 0.154. The Bertz CT molecular complexity index is 614. The molecule has 0 spiro atoms. The smallest absolute Gasteiger partial charge is 0.381 e. The van der Waals surface area contributed by atoms with Crippen molar-refractivity contribution in [1.29, 1.82) is 0 Å². The van der Waals surface area contributed by atoms with E-state index in [-0.39, 0.29) is 17.3 Å². The molecule has 0 aliphatic heterocycles. The van der Waals surface area contributed by atoms with Gasteiger partial charge in [0.2, 0.25) is 0 Å². The predicted molar refractivity (Wildman–Crippen MR) is 68.0 cm³/mol. The third-order valence-electron chi connectivity index (χ3n) is 2.48. The zero-order valence-electron chi connectivity index (χ0n) is 10.0. The van der Waals surface area contributed by atoms with E-state index < -0.39 is 17.6 Å². The number of alkyl halides is 3. The summed E-state index contributed by atoms with van der Waals surface area (Å²) in [6, 6.07) is 4.40. The molecule has 1 aromatic heterocycles. The molecule has 0 saturated heterocycles. The Morgan fingerprint density at radius 3 is 2.50 bits per heavy atom. The number of halogens is 5. The van der Waals surface area contributed by atoms with Crippen molar-refractivity contribution in [2.45, 2.75) is 12.7 Å². The van der Waals surface area contributed by atoms with Gasteiger partial charge >= 0.3 is 6.18 Å². The van der Waals surface area contributed by atoms with Gasteiger partial charge in [-0.05, 0) is 29.8 Å². The van der Waals surface area contributed by atoms with Crippen LogP contribution in [0.1, 0.15) is 11.1 Å². The van der Waals surface area contributed by atoms with Crippen LogP contribution in [0.15, 0.2) is 36.7 Å². The first kappa shape index (κ1) is 14.6. The minimum Gasteiger partial charge on any atom is -0.381 e. The summed E-state index contributed by atoms with van der Waals surface area (Å²) < 4.78 is 50.8. The molecule has 106 valence electrons. The van der Waals surface area contributed by atoms with Gasteiger partial charge in [-0.25, -0.2) is 4.39 Å². The number of nitrogens with one attached hydrogen (secondary N) is 1. The zero-order valence-corrected chi connectivity index (χ0v) is 10.8. The lowest BCUT2D eigenvalue weighted by Crippen LogP contribution is -2.07. The highest BCUT2D eigenvalue weighted by molar-refractivity contribution is 6.30. The Morgan fingerprint density at radius 1 is 1.10 bits per heavy atom. The van der Waals surface area contributed by atoms with Gasteiger partial charge in [0.05, 0.1) is 11.8 Å². The SMILES string of the molecule is Fc1cncc(CNc2cc(Cl)cc(C(F)(F)F)c2)c1. The Labute approximate surface area is 117 Å². The number of aromatic nitrogens is 1. The molecule has 7 heteroatoms. The van der Waals surface area contributed by atoms with Gasteiger partial charge in [-0.1, -0.05) is 11.6 Å². The lowest BCUT2D eigenvalue weighted by atomic mass is 10.2. The lowest BCUT2D eigenvalue weighted by molar-refractivity contribution is -0.137. The summed E-state index contributed by atoms with van der Waals surface area (Å²) in [5.41, 5.74) is -0.127. The van der Waals surface area contributed by atoms with Gasteiger partial charge in [0.1, 0.15) is 5.82 Å². The summed E-state index contributed by atoms with van der Waals surface area (Å²) in [6.45, 7) is 0.141. The van der Waals surface area contributed by atoms with Crippen molar-refractivity contribution in [2.24, 2.45) is 0 Å². The molecule has 0 bridgehead atoms. The second-order valence-electron chi connectivity index (χ2n) is 4.09. The van der Waals surface area contributed by atoms with E-state index in [9.17, 15) is 17.6 Å². The van der Waals surface area contributed by atoms with Gasteiger partial charge in [-0.15, -0.1) is 0 Å². The molecular weight excluding hydrogens is 296 g/mol. The van der Waals surface area contributed by atoms with Gasteiger partial charge < -0.3 is 5.32 Å². The third-order valence-corrected chi connectivity index (χ3v) is 2.70. The molecule has 0 saturated carbocycles. The predicted octanol–water partition coefficient (Wildman–Crippen LogP) is 4.51. The van der Waals surface area contributed by atoms with Gasteiger partial charge in [0, 0.05) is 23.5 Å². The average molecular weight is 305 g/mol. The lowest BCUT2D eigenvalue weighted by Gasteiger charge is -2.11. The van der Waals surface area contributed by atoms with Crippen molar-refractivity contribution in [3.8, 4) is 0 Å². The van der Waals surface area contributed by atoms with E-state index in [1.807, 2.05) is 0 Å². The van der Waals surface area contributed by atoms with Crippen molar-refractivity contribution < 1.29 is 17.6 Å². The molecule has 0 aliphatic carbocycles. The van der Waals surface area contributed by atoms with E-state index in [4.69, 9.17) is 11.6 Å². The number of anilines is 1. The maximum absolute atomic E-state index is 12.9. The van der Waals surface area contributed by atoms with Gasteiger partial charge in [-0.2, -0.15) is 13.2 Å². The maximum Gasteiger partial charge on any atom is 0.416 e. The van der Waals surface area contributed by atoms with E-state index in [1.165, 1.54) is 18.3 Å². The topological polar surface area (TPSA) is 24.9 Å². The molecule has 2 aromatic rings. The van der Waals surface area contributed by atoms with E-state index >= 15 is 0 Å². The Morgan fingerprint density at radius 2 is 1.85 bits per heavy atom.